The molecule has 1 fully saturated rings. The number of rotatable bonds is 5. The van der Waals surface area contributed by atoms with Gasteiger partial charge >= 0.3 is 0 Å². The summed E-state index contributed by atoms with van der Waals surface area (Å²) in [5, 5.41) is 3.23. The smallest absolute Gasteiger partial charge is 0.193 e. The minimum Gasteiger partial charge on any atom is -0.497 e. The zero-order chi connectivity index (χ0) is 19.3. The van der Waals surface area contributed by atoms with Crippen molar-refractivity contribution in [2.24, 2.45) is 10.7 Å². The van der Waals surface area contributed by atoms with E-state index in [0.717, 1.165) is 37.5 Å². The highest BCUT2D eigenvalue weighted by Gasteiger charge is 2.34. The Balaban J connectivity index is 0.00000280. The number of benzene rings is 2. The van der Waals surface area contributed by atoms with E-state index < -0.39 is 0 Å². The molecule has 0 atom stereocenters. The van der Waals surface area contributed by atoms with Crippen LogP contribution < -0.4 is 15.8 Å². The van der Waals surface area contributed by atoms with Crippen LogP contribution in [-0.4, -0.2) is 32.8 Å². The van der Waals surface area contributed by atoms with Crippen molar-refractivity contribution in [3.63, 3.8) is 0 Å². The fourth-order valence-electron chi connectivity index (χ4n) is 3.72. The predicted molar refractivity (Wildman–Crippen MR) is 126 cm³/mol. The highest BCUT2D eigenvalue weighted by molar-refractivity contribution is 14.0. The molecule has 1 aliphatic heterocycles. The van der Waals surface area contributed by atoms with Crippen LogP contribution in [0.5, 0.6) is 5.75 Å². The topological polar surface area (TPSA) is 68.9 Å². The van der Waals surface area contributed by atoms with Gasteiger partial charge < -0.3 is 20.5 Å². The van der Waals surface area contributed by atoms with Crippen molar-refractivity contribution in [2.45, 2.75) is 32.1 Å². The predicted octanol–water partition coefficient (Wildman–Crippen LogP) is 4.41. The fourth-order valence-corrected chi connectivity index (χ4v) is 3.72. The van der Waals surface area contributed by atoms with E-state index in [1.165, 1.54) is 16.7 Å². The van der Waals surface area contributed by atoms with Gasteiger partial charge in [-0.05, 0) is 67.6 Å². The Bertz CT molecular complexity index is 780. The minimum absolute atomic E-state index is 0. The SMILES string of the molecule is COc1ccc(C2(CN=C(N)Nc3cc(C)cc(C)c3)CCOCC2)cc1.I. The lowest BCUT2D eigenvalue weighted by Crippen LogP contribution is -2.38. The Morgan fingerprint density at radius 3 is 2.29 bits per heavy atom. The number of aryl methyl sites for hydroxylation is 2. The number of methoxy groups -OCH3 is 1. The van der Waals surface area contributed by atoms with Crippen molar-refractivity contribution in [3.05, 3.63) is 59.2 Å². The number of nitrogens with two attached hydrogens (primary N) is 1. The number of guanidine groups is 1. The standard InChI is InChI=1S/C22H29N3O2.HI/c1-16-12-17(2)14-19(13-16)25-21(23)24-15-22(8-10-27-11-9-22)18-4-6-20(26-3)7-5-18;/h4-7,12-14H,8-11,15H2,1-3H3,(H3,23,24,25);1H. The van der Waals surface area contributed by atoms with Crippen molar-refractivity contribution in [3.8, 4) is 5.75 Å². The average molecular weight is 495 g/mol. The van der Waals surface area contributed by atoms with Crippen molar-refractivity contribution in [1.82, 2.24) is 0 Å². The number of aliphatic imine (C=N–C) groups is 1. The van der Waals surface area contributed by atoms with Crippen LogP contribution in [-0.2, 0) is 10.2 Å². The van der Waals surface area contributed by atoms with Crippen LogP contribution in [0.3, 0.4) is 0 Å². The zero-order valence-electron chi connectivity index (χ0n) is 16.8. The number of nitrogens with one attached hydrogen (secondary N) is 1. The van der Waals surface area contributed by atoms with Gasteiger partial charge in [0, 0.05) is 24.3 Å². The van der Waals surface area contributed by atoms with Crippen LogP contribution in [0.2, 0.25) is 0 Å². The van der Waals surface area contributed by atoms with E-state index >= 15 is 0 Å². The summed E-state index contributed by atoms with van der Waals surface area (Å²) in [5.41, 5.74) is 10.8. The lowest BCUT2D eigenvalue weighted by molar-refractivity contribution is 0.0531. The number of ether oxygens (including phenoxy) is 2. The molecule has 0 amide bonds. The second-order valence-corrected chi connectivity index (χ2v) is 7.32. The van der Waals surface area contributed by atoms with E-state index in [4.69, 9.17) is 20.2 Å². The van der Waals surface area contributed by atoms with Gasteiger partial charge in [0.1, 0.15) is 5.75 Å². The summed E-state index contributed by atoms with van der Waals surface area (Å²) in [7, 11) is 1.68. The van der Waals surface area contributed by atoms with E-state index in [1.54, 1.807) is 7.11 Å². The number of nitrogens with zero attached hydrogens (tertiary/aromatic N) is 1. The van der Waals surface area contributed by atoms with Gasteiger partial charge in [-0.3, -0.25) is 4.99 Å². The molecule has 0 bridgehead atoms. The first kappa shape index (κ1) is 22.5. The average Bonchev–Trinajstić information content (AvgIpc) is 2.66. The second-order valence-electron chi connectivity index (χ2n) is 7.32. The Morgan fingerprint density at radius 2 is 1.71 bits per heavy atom. The van der Waals surface area contributed by atoms with Crippen LogP contribution in [0, 0.1) is 13.8 Å². The van der Waals surface area contributed by atoms with E-state index in [9.17, 15) is 0 Å². The number of hydrogen-bond donors (Lipinski definition) is 2. The van der Waals surface area contributed by atoms with Crippen molar-refractivity contribution < 1.29 is 9.47 Å². The minimum atomic E-state index is -0.0562. The van der Waals surface area contributed by atoms with Gasteiger partial charge in [-0.1, -0.05) is 18.2 Å². The molecule has 3 N–H and O–H groups in total. The molecule has 0 aliphatic carbocycles. The van der Waals surface area contributed by atoms with Crippen molar-refractivity contribution in [1.29, 1.82) is 0 Å². The Morgan fingerprint density at radius 1 is 1.11 bits per heavy atom. The third kappa shape index (κ3) is 5.61. The molecule has 5 nitrogen and oxygen atoms in total. The van der Waals surface area contributed by atoms with Gasteiger partial charge in [-0.2, -0.15) is 0 Å². The number of anilines is 1. The molecule has 2 aromatic rings. The molecular weight excluding hydrogens is 465 g/mol. The molecule has 1 heterocycles. The molecular formula is C22H30IN3O2. The van der Waals surface area contributed by atoms with Gasteiger partial charge in [0.25, 0.3) is 0 Å². The van der Waals surface area contributed by atoms with Gasteiger partial charge in [0.05, 0.1) is 13.7 Å². The molecule has 28 heavy (non-hydrogen) atoms. The van der Waals surface area contributed by atoms with E-state index in [-0.39, 0.29) is 29.4 Å². The van der Waals surface area contributed by atoms with Crippen LogP contribution in [0.25, 0.3) is 0 Å². The first-order valence-electron chi connectivity index (χ1n) is 9.38. The maximum atomic E-state index is 6.19. The summed E-state index contributed by atoms with van der Waals surface area (Å²) < 4.78 is 10.9. The fraction of sp³-hybridized carbons (Fsp3) is 0.409. The Hall–Kier alpha value is -1.80. The first-order valence-corrected chi connectivity index (χ1v) is 9.38. The normalized spacial score (nSPS) is 16.2. The van der Waals surface area contributed by atoms with Gasteiger partial charge in [0.2, 0.25) is 0 Å². The van der Waals surface area contributed by atoms with E-state index in [1.807, 2.05) is 12.1 Å². The molecule has 152 valence electrons. The lowest BCUT2D eigenvalue weighted by atomic mass is 9.74. The molecule has 1 aliphatic rings. The summed E-state index contributed by atoms with van der Waals surface area (Å²) in [5.74, 6) is 1.31. The third-order valence-corrected chi connectivity index (χ3v) is 5.20. The number of halogens is 1. The van der Waals surface area contributed by atoms with Gasteiger partial charge in [-0.25, -0.2) is 0 Å². The van der Waals surface area contributed by atoms with Crippen molar-refractivity contribution >= 4 is 35.6 Å². The Labute approximate surface area is 184 Å². The van der Waals surface area contributed by atoms with Crippen LogP contribution in [0.4, 0.5) is 5.69 Å². The van der Waals surface area contributed by atoms with Crippen LogP contribution >= 0.6 is 24.0 Å². The quantitative estimate of drug-likeness (QED) is 0.367. The van der Waals surface area contributed by atoms with Crippen molar-refractivity contribution in [2.75, 3.05) is 32.2 Å². The summed E-state index contributed by atoms with van der Waals surface area (Å²) in [6.07, 6.45) is 1.86. The molecule has 0 aromatic heterocycles. The molecule has 3 rings (SSSR count). The summed E-state index contributed by atoms with van der Waals surface area (Å²) in [4.78, 5) is 4.69. The summed E-state index contributed by atoms with van der Waals surface area (Å²) >= 11 is 0. The van der Waals surface area contributed by atoms with Gasteiger partial charge in [-0.15, -0.1) is 24.0 Å². The zero-order valence-corrected chi connectivity index (χ0v) is 19.2. The molecule has 0 radical (unpaired) electrons. The summed E-state index contributed by atoms with van der Waals surface area (Å²) in [6.45, 7) is 6.27. The maximum absolute atomic E-state index is 6.19. The Kier molecular flexibility index (Phi) is 8.12. The third-order valence-electron chi connectivity index (χ3n) is 5.20. The monoisotopic (exact) mass is 495 g/mol. The molecule has 2 aromatic carbocycles. The van der Waals surface area contributed by atoms with E-state index in [0.29, 0.717) is 12.5 Å². The largest absolute Gasteiger partial charge is 0.497 e. The maximum Gasteiger partial charge on any atom is 0.193 e. The lowest BCUT2D eigenvalue weighted by Gasteiger charge is -2.36. The van der Waals surface area contributed by atoms with Crippen LogP contribution in [0.1, 0.15) is 29.5 Å². The van der Waals surface area contributed by atoms with Gasteiger partial charge in [0.15, 0.2) is 5.96 Å². The molecule has 0 unspecified atom stereocenters. The molecule has 0 spiro atoms. The second kappa shape index (κ2) is 10.1. The number of hydrogen-bond acceptors (Lipinski definition) is 3. The van der Waals surface area contributed by atoms with Crippen LogP contribution in [0.15, 0.2) is 47.5 Å². The molecule has 6 heteroatoms. The molecule has 0 saturated carbocycles. The molecule has 1 saturated heterocycles. The summed E-state index contributed by atoms with van der Waals surface area (Å²) in [6, 6.07) is 14.6. The van der Waals surface area contributed by atoms with E-state index in [2.05, 4.69) is 49.5 Å². The first-order chi connectivity index (χ1) is 13.0. The highest BCUT2D eigenvalue weighted by Crippen LogP contribution is 2.36. The highest BCUT2D eigenvalue weighted by atomic mass is 127.